The van der Waals surface area contributed by atoms with Crippen LogP contribution in [0.3, 0.4) is 0 Å². The third-order valence-corrected chi connectivity index (χ3v) is 6.70. The first-order chi connectivity index (χ1) is 12.8. The topological polar surface area (TPSA) is 79.0 Å². The summed E-state index contributed by atoms with van der Waals surface area (Å²) in [5, 5.41) is 0.824. The van der Waals surface area contributed by atoms with E-state index in [9.17, 15) is 13.2 Å². The van der Waals surface area contributed by atoms with Crippen LogP contribution in [-0.2, 0) is 23.0 Å². The van der Waals surface area contributed by atoms with E-state index in [2.05, 4.69) is 9.71 Å². The summed E-state index contributed by atoms with van der Waals surface area (Å²) in [6, 6.07) is 11.2. The highest BCUT2D eigenvalue weighted by molar-refractivity contribution is 7.89. The van der Waals surface area contributed by atoms with E-state index in [0.29, 0.717) is 17.5 Å². The highest BCUT2D eigenvalue weighted by Crippen LogP contribution is 2.32. The van der Waals surface area contributed by atoms with Gasteiger partial charge in [-0.2, -0.15) is 0 Å². The molecule has 140 valence electrons. The fraction of sp³-hybridized carbons (Fsp3) is 0.286. The van der Waals surface area contributed by atoms with Gasteiger partial charge in [0.1, 0.15) is 0 Å². The number of H-pyrrole nitrogens is 1. The number of carbonyl (C=O) groups is 1. The van der Waals surface area contributed by atoms with Crippen LogP contribution in [-0.4, -0.2) is 19.2 Å². The van der Waals surface area contributed by atoms with E-state index in [1.165, 1.54) is 0 Å². The van der Waals surface area contributed by atoms with Crippen molar-refractivity contribution in [3.63, 3.8) is 0 Å². The van der Waals surface area contributed by atoms with Gasteiger partial charge in [0.25, 0.3) is 0 Å². The Morgan fingerprint density at radius 2 is 1.81 bits per heavy atom. The summed E-state index contributed by atoms with van der Waals surface area (Å²) in [6.07, 6.45) is 2.21. The number of aryl methyl sites for hydroxylation is 3. The number of fused-ring (bicyclic) bond motifs is 3. The van der Waals surface area contributed by atoms with E-state index in [0.717, 1.165) is 40.6 Å². The van der Waals surface area contributed by atoms with Gasteiger partial charge in [-0.1, -0.05) is 29.8 Å². The number of aromatic amines is 1. The van der Waals surface area contributed by atoms with E-state index in [1.54, 1.807) is 13.0 Å². The van der Waals surface area contributed by atoms with Gasteiger partial charge in [-0.25, -0.2) is 13.1 Å². The molecule has 4 rings (SSSR count). The molecule has 0 unspecified atom stereocenters. The maximum absolute atomic E-state index is 12.9. The first kappa shape index (κ1) is 17.9. The Bertz CT molecular complexity index is 1140. The van der Waals surface area contributed by atoms with E-state index in [4.69, 9.17) is 0 Å². The monoisotopic (exact) mass is 382 g/mol. The maximum Gasteiger partial charge on any atom is 0.241 e. The third kappa shape index (κ3) is 3.31. The second-order valence-electron chi connectivity index (χ2n) is 7.23. The van der Waals surface area contributed by atoms with Gasteiger partial charge >= 0.3 is 0 Å². The highest BCUT2D eigenvalue weighted by Gasteiger charge is 2.25. The van der Waals surface area contributed by atoms with Crippen LogP contribution >= 0.6 is 0 Å². The number of rotatable bonds is 4. The van der Waals surface area contributed by atoms with Crippen LogP contribution in [0, 0.1) is 13.8 Å². The summed E-state index contributed by atoms with van der Waals surface area (Å²) in [6.45, 7) is 4.00. The fourth-order valence-electron chi connectivity index (χ4n) is 3.69. The zero-order chi connectivity index (χ0) is 19.2. The van der Waals surface area contributed by atoms with Crippen molar-refractivity contribution < 1.29 is 13.2 Å². The van der Waals surface area contributed by atoms with Gasteiger partial charge < -0.3 is 4.98 Å². The molecule has 1 aliphatic carbocycles. The lowest BCUT2D eigenvalue weighted by molar-refractivity contribution is 0.0974. The molecule has 0 saturated heterocycles. The number of carbonyl (C=O) groups excluding carboxylic acids is 1. The van der Waals surface area contributed by atoms with Crippen LogP contribution in [0.4, 0.5) is 0 Å². The van der Waals surface area contributed by atoms with Crippen molar-refractivity contribution in [3.8, 4) is 0 Å². The number of hydrogen-bond donors (Lipinski definition) is 2. The lowest BCUT2D eigenvalue weighted by atomic mass is 9.94. The van der Waals surface area contributed by atoms with Crippen LogP contribution in [0.15, 0.2) is 41.3 Å². The predicted molar refractivity (Wildman–Crippen MR) is 106 cm³/mol. The van der Waals surface area contributed by atoms with Crippen LogP contribution in [0.5, 0.6) is 0 Å². The standard InChI is InChI=1S/C21H22N2O3S/c1-13-6-8-15(9-7-13)12-22-27(25,26)20-11-18-16(10-14(20)2)21-17(23-18)4-3-5-19(21)24/h6-11,22-23H,3-5,12H2,1-2H3. The molecule has 2 aromatic carbocycles. The van der Waals surface area contributed by atoms with Crippen molar-refractivity contribution in [2.75, 3.05) is 0 Å². The molecule has 6 heteroatoms. The number of aromatic nitrogens is 1. The highest BCUT2D eigenvalue weighted by atomic mass is 32.2. The second-order valence-corrected chi connectivity index (χ2v) is 8.96. The van der Waals surface area contributed by atoms with Crippen molar-refractivity contribution >= 4 is 26.7 Å². The van der Waals surface area contributed by atoms with Crippen molar-refractivity contribution in [1.82, 2.24) is 9.71 Å². The smallest absolute Gasteiger partial charge is 0.241 e. The van der Waals surface area contributed by atoms with Gasteiger partial charge in [-0.3, -0.25) is 4.79 Å². The quantitative estimate of drug-likeness (QED) is 0.721. The minimum Gasteiger partial charge on any atom is -0.358 e. The van der Waals surface area contributed by atoms with Gasteiger partial charge in [0.05, 0.1) is 4.90 Å². The lowest BCUT2D eigenvalue weighted by Gasteiger charge is -2.11. The molecule has 3 aromatic rings. The molecule has 0 fully saturated rings. The van der Waals surface area contributed by atoms with Crippen LogP contribution in [0.1, 0.15) is 45.6 Å². The predicted octanol–water partition coefficient (Wildman–Crippen LogP) is 3.78. The van der Waals surface area contributed by atoms with Gasteiger partial charge in [0.2, 0.25) is 10.0 Å². The van der Waals surface area contributed by atoms with Crippen LogP contribution in [0.2, 0.25) is 0 Å². The first-order valence-electron chi connectivity index (χ1n) is 9.09. The molecule has 5 nitrogen and oxygen atoms in total. The Hall–Kier alpha value is -2.44. The zero-order valence-corrected chi connectivity index (χ0v) is 16.2. The molecule has 27 heavy (non-hydrogen) atoms. The molecule has 0 bridgehead atoms. The summed E-state index contributed by atoms with van der Waals surface area (Å²) >= 11 is 0. The minimum absolute atomic E-state index is 0.134. The van der Waals surface area contributed by atoms with Gasteiger partial charge in [-0.05, 0) is 49.9 Å². The summed E-state index contributed by atoms with van der Waals surface area (Å²) in [5.41, 5.74) is 5.03. The average molecular weight is 382 g/mol. The Morgan fingerprint density at radius 3 is 2.56 bits per heavy atom. The van der Waals surface area contributed by atoms with Crippen LogP contribution in [0.25, 0.3) is 10.9 Å². The fourth-order valence-corrected chi connectivity index (χ4v) is 4.96. The van der Waals surface area contributed by atoms with Crippen molar-refractivity contribution in [3.05, 3.63) is 64.3 Å². The van der Waals surface area contributed by atoms with E-state index in [-0.39, 0.29) is 17.2 Å². The van der Waals surface area contributed by atoms with Gasteiger partial charge in [-0.15, -0.1) is 0 Å². The van der Waals surface area contributed by atoms with Crippen molar-refractivity contribution in [2.45, 2.75) is 44.6 Å². The Kier molecular flexibility index (Phi) is 4.40. The molecule has 1 aliphatic rings. The molecule has 0 atom stereocenters. The number of sulfonamides is 1. The van der Waals surface area contributed by atoms with Gasteiger partial charge in [0, 0.05) is 35.1 Å². The molecule has 0 spiro atoms. The van der Waals surface area contributed by atoms with Crippen LogP contribution < -0.4 is 4.72 Å². The maximum atomic E-state index is 12.9. The Labute approximate surface area is 158 Å². The molecule has 1 aromatic heterocycles. The first-order valence-corrected chi connectivity index (χ1v) is 10.6. The number of Topliss-reactive ketones (excluding diaryl/α,β-unsaturated/α-hetero) is 1. The summed E-state index contributed by atoms with van der Waals surface area (Å²) in [5.74, 6) is 0.134. The largest absolute Gasteiger partial charge is 0.358 e. The normalized spacial score (nSPS) is 14.5. The zero-order valence-electron chi connectivity index (χ0n) is 15.4. The molecular formula is C21H22N2O3S. The molecule has 1 heterocycles. The summed E-state index contributed by atoms with van der Waals surface area (Å²) in [7, 11) is -3.66. The molecule has 0 saturated carbocycles. The summed E-state index contributed by atoms with van der Waals surface area (Å²) < 4.78 is 28.4. The molecular weight excluding hydrogens is 360 g/mol. The Morgan fingerprint density at radius 1 is 1.07 bits per heavy atom. The molecule has 0 amide bonds. The Balaban J connectivity index is 1.69. The third-order valence-electron chi connectivity index (χ3n) is 5.16. The lowest BCUT2D eigenvalue weighted by Crippen LogP contribution is -2.24. The average Bonchev–Trinajstić information content (AvgIpc) is 2.99. The molecule has 0 aliphatic heterocycles. The second kappa shape index (κ2) is 6.62. The molecule has 2 N–H and O–H groups in total. The summed E-state index contributed by atoms with van der Waals surface area (Å²) in [4.78, 5) is 15.8. The number of nitrogens with one attached hydrogen (secondary N) is 2. The van der Waals surface area contributed by atoms with Crippen molar-refractivity contribution in [1.29, 1.82) is 0 Å². The van der Waals surface area contributed by atoms with E-state index in [1.807, 2.05) is 37.3 Å². The van der Waals surface area contributed by atoms with Crippen molar-refractivity contribution in [2.24, 2.45) is 0 Å². The van der Waals surface area contributed by atoms with E-state index < -0.39 is 10.0 Å². The molecule has 0 radical (unpaired) electrons. The minimum atomic E-state index is -3.66. The number of ketones is 1. The van der Waals surface area contributed by atoms with E-state index >= 15 is 0 Å². The van der Waals surface area contributed by atoms with Gasteiger partial charge in [0.15, 0.2) is 5.78 Å². The number of benzene rings is 2. The number of hydrogen-bond acceptors (Lipinski definition) is 3. The SMILES string of the molecule is Cc1ccc(CNS(=O)(=O)c2cc3[nH]c4c(c3cc2C)C(=O)CCC4)cc1.